The van der Waals surface area contributed by atoms with Gasteiger partial charge in [0.2, 0.25) is 11.8 Å². The molecule has 0 bridgehead atoms. The van der Waals surface area contributed by atoms with Crippen molar-refractivity contribution >= 4 is 29.4 Å². The standard InChI is InChI=1S/C22H29N7O4/c1-33-22(32)15(13-23)20(27-18-9-6-8-17(24)26-18)25-16-7-2-3-12-29(21(16)31)14-19(30)28-10-4-5-11-28/h6,8-9,16,25H,2-5,7,10-12,14H2,1H3,(H3,24,26,27)/b20-15-/t16-/m0/s1. The summed E-state index contributed by atoms with van der Waals surface area (Å²) in [6.45, 7) is 1.93. The summed E-state index contributed by atoms with van der Waals surface area (Å²) in [7, 11) is 1.17. The summed E-state index contributed by atoms with van der Waals surface area (Å²) >= 11 is 0. The van der Waals surface area contributed by atoms with Crippen molar-refractivity contribution in [1.82, 2.24) is 20.1 Å². The fourth-order valence-corrected chi connectivity index (χ4v) is 3.93. The van der Waals surface area contributed by atoms with Gasteiger partial charge in [-0.25, -0.2) is 9.78 Å². The minimum atomic E-state index is -0.862. The maximum atomic E-state index is 13.3. The van der Waals surface area contributed by atoms with Crippen LogP contribution in [0.15, 0.2) is 29.6 Å². The van der Waals surface area contributed by atoms with Crippen LogP contribution in [0.4, 0.5) is 11.6 Å². The molecule has 1 atom stereocenters. The van der Waals surface area contributed by atoms with Crippen LogP contribution in [-0.2, 0) is 19.1 Å². The molecule has 11 nitrogen and oxygen atoms in total. The molecule has 0 aliphatic carbocycles. The highest BCUT2D eigenvalue weighted by atomic mass is 16.5. The second-order valence-corrected chi connectivity index (χ2v) is 7.97. The van der Waals surface area contributed by atoms with E-state index in [4.69, 9.17) is 10.5 Å². The first-order valence-corrected chi connectivity index (χ1v) is 11.0. The van der Waals surface area contributed by atoms with Crippen LogP contribution >= 0.6 is 0 Å². The minimum absolute atomic E-state index is 0.00600. The van der Waals surface area contributed by atoms with Gasteiger partial charge in [-0.1, -0.05) is 6.07 Å². The monoisotopic (exact) mass is 455 g/mol. The zero-order chi connectivity index (χ0) is 23.8. The van der Waals surface area contributed by atoms with Crippen LogP contribution < -0.4 is 16.4 Å². The summed E-state index contributed by atoms with van der Waals surface area (Å²) < 4.78 is 4.73. The Kier molecular flexibility index (Phi) is 8.07. The maximum absolute atomic E-state index is 13.3. The number of nitrogen functional groups attached to an aromatic ring is 1. The summed E-state index contributed by atoms with van der Waals surface area (Å²) in [5.41, 5.74) is 5.40. The quantitative estimate of drug-likeness (QED) is 0.304. The molecule has 1 aromatic rings. The van der Waals surface area contributed by atoms with E-state index >= 15 is 0 Å². The van der Waals surface area contributed by atoms with Gasteiger partial charge in [0, 0.05) is 19.6 Å². The van der Waals surface area contributed by atoms with Crippen LogP contribution in [0, 0.1) is 11.3 Å². The van der Waals surface area contributed by atoms with Crippen LogP contribution in [0.25, 0.3) is 0 Å². The molecule has 2 aliphatic rings. The van der Waals surface area contributed by atoms with E-state index in [9.17, 15) is 19.6 Å². The largest absolute Gasteiger partial charge is 0.465 e. The van der Waals surface area contributed by atoms with Crippen LogP contribution in [0.1, 0.15) is 32.1 Å². The second kappa shape index (κ2) is 11.2. The van der Waals surface area contributed by atoms with Crippen molar-refractivity contribution in [1.29, 1.82) is 5.26 Å². The number of aromatic nitrogens is 1. The van der Waals surface area contributed by atoms with Gasteiger partial charge in [0.1, 0.15) is 29.6 Å². The molecule has 0 unspecified atom stereocenters. The lowest BCUT2D eigenvalue weighted by Gasteiger charge is -2.27. The number of nitrogens with zero attached hydrogens (tertiary/aromatic N) is 4. The van der Waals surface area contributed by atoms with Gasteiger partial charge in [-0.05, 0) is 44.2 Å². The Hall–Kier alpha value is -3.81. The number of carbonyl (C=O) groups excluding carboxylic acids is 3. The van der Waals surface area contributed by atoms with Crippen molar-refractivity contribution < 1.29 is 19.1 Å². The van der Waals surface area contributed by atoms with E-state index in [1.165, 1.54) is 7.11 Å². The molecule has 0 radical (unpaired) electrons. The molecule has 2 fully saturated rings. The number of hydrogen-bond acceptors (Lipinski definition) is 9. The number of carbonyl (C=O) groups is 3. The molecule has 2 saturated heterocycles. The zero-order valence-electron chi connectivity index (χ0n) is 18.7. The Morgan fingerprint density at radius 2 is 1.97 bits per heavy atom. The highest BCUT2D eigenvalue weighted by Gasteiger charge is 2.31. The van der Waals surface area contributed by atoms with Gasteiger partial charge in [0.05, 0.1) is 13.7 Å². The smallest absolute Gasteiger partial charge is 0.352 e. The number of nitrogens with two attached hydrogens (primary N) is 1. The molecule has 1 aromatic heterocycles. The second-order valence-electron chi connectivity index (χ2n) is 7.97. The molecular weight excluding hydrogens is 426 g/mol. The van der Waals surface area contributed by atoms with E-state index in [2.05, 4.69) is 15.6 Å². The average molecular weight is 456 g/mol. The van der Waals surface area contributed by atoms with Crippen LogP contribution in [0.2, 0.25) is 0 Å². The van der Waals surface area contributed by atoms with Gasteiger partial charge < -0.3 is 30.9 Å². The number of pyridine rings is 1. The SMILES string of the molecule is COC(=O)/C(C#N)=C(\Nc1cccc(N)n1)N[C@H]1CCCCN(CC(=O)N2CCCC2)C1=O. The summed E-state index contributed by atoms with van der Waals surface area (Å²) in [6.07, 6.45) is 3.92. The van der Waals surface area contributed by atoms with Gasteiger partial charge in [-0.3, -0.25) is 9.59 Å². The number of methoxy groups -OCH3 is 1. The summed E-state index contributed by atoms with van der Waals surface area (Å²) in [5.74, 6) is -0.662. The molecule has 0 aromatic carbocycles. The lowest BCUT2D eigenvalue weighted by Crippen LogP contribution is -2.49. The minimum Gasteiger partial charge on any atom is -0.465 e. The first-order chi connectivity index (χ1) is 15.9. The maximum Gasteiger partial charge on any atom is 0.352 e. The Bertz CT molecular complexity index is 966. The van der Waals surface area contributed by atoms with Crippen molar-refractivity contribution in [2.24, 2.45) is 0 Å². The van der Waals surface area contributed by atoms with Gasteiger partial charge in [0.25, 0.3) is 0 Å². The van der Waals surface area contributed by atoms with Crippen LogP contribution in [0.3, 0.4) is 0 Å². The fourth-order valence-electron chi connectivity index (χ4n) is 3.93. The molecule has 3 rings (SSSR count). The molecule has 2 aliphatic heterocycles. The number of nitriles is 1. The van der Waals surface area contributed by atoms with Crippen LogP contribution in [-0.4, -0.2) is 71.9 Å². The van der Waals surface area contributed by atoms with Crippen molar-refractivity contribution in [2.75, 3.05) is 44.3 Å². The van der Waals surface area contributed by atoms with E-state index in [0.29, 0.717) is 13.0 Å². The van der Waals surface area contributed by atoms with E-state index < -0.39 is 12.0 Å². The lowest BCUT2D eigenvalue weighted by atomic mass is 10.1. The number of anilines is 2. The van der Waals surface area contributed by atoms with Gasteiger partial charge >= 0.3 is 5.97 Å². The van der Waals surface area contributed by atoms with Gasteiger partial charge in [-0.15, -0.1) is 0 Å². The van der Waals surface area contributed by atoms with E-state index in [1.54, 1.807) is 28.0 Å². The summed E-state index contributed by atoms with van der Waals surface area (Å²) in [6, 6.07) is 5.95. The number of hydrogen-bond donors (Lipinski definition) is 3. The number of ether oxygens (including phenoxy) is 1. The molecule has 0 spiro atoms. The van der Waals surface area contributed by atoms with Crippen molar-refractivity contribution in [3.63, 3.8) is 0 Å². The number of likely N-dealkylation sites (tertiary alicyclic amines) is 2. The average Bonchev–Trinajstić information content (AvgIpc) is 3.29. The molecule has 2 amide bonds. The summed E-state index contributed by atoms with van der Waals surface area (Å²) in [4.78, 5) is 45.6. The Morgan fingerprint density at radius 1 is 1.24 bits per heavy atom. The first-order valence-electron chi connectivity index (χ1n) is 11.0. The molecule has 0 saturated carbocycles. The van der Waals surface area contributed by atoms with Crippen molar-refractivity contribution in [3.05, 3.63) is 29.6 Å². The fraction of sp³-hybridized carbons (Fsp3) is 0.500. The topological polar surface area (TPSA) is 154 Å². The van der Waals surface area contributed by atoms with Crippen molar-refractivity contribution in [2.45, 2.75) is 38.1 Å². The molecule has 176 valence electrons. The molecule has 33 heavy (non-hydrogen) atoms. The number of nitrogens with one attached hydrogen (secondary N) is 2. The number of esters is 1. The van der Waals surface area contributed by atoms with Gasteiger partial charge in [-0.2, -0.15) is 5.26 Å². The normalized spacial score (nSPS) is 19.3. The first kappa shape index (κ1) is 23.8. The Labute approximate surface area is 192 Å². The third-order valence-corrected chi connectivity index (χ3v) is 5.66. The molecule has 4 N–H and O–H groups in total. The highest BCUT2D eigenvalue weighted by molar-refractivity contribution is 5.94. The Balaban J connectivity index is 1.82. The summed E-state index contributed by atoms with van der Waals surface area (Å²) in [5, 5.41) is 15.5. The predicted molar refractivity (Wildman–Crippen MR) is 120 cm³/mol. The zero-order valence-corrected chi connectivity index (χ0v) is 18.7. The highest BCUT2D eigenvalue weighted by Crippen LogP contribution is 2.18. The van der Waals surface area contributed by atoms with E-state index in [0.717, 1.165) is 38.8 Å². The van der Waals surface area contributed by atoms with E-state index in [1.807, 2.05) is 6.07 Å². The predicted octanol–water partition coefficient (Wildman–Crippen LogP) is 0.577. The number of rotatable bonds is 7. The third-order valence-electron chi connectivity index (χ3n) is 5.66. The van der Waals surface area contributed by atoms with Crippen LogP contribution in [0.5, 0.6) is 0 Å². The van der Waals surface area contributed by atoms with Crippen molar-refractivity contribution in [3.8, 4) is 6.07 Å². The number of amides is 2. The molecule has 3 heterocycles. The molecular formula is C22H29N7O4. The third kappa shape index (κ3) is 6.12. The molecule has 11 heteroatoms. The lowest BCUT2D eigenvalue weighted by molar-refractivity contribution is -0.140. The Morgan fingerprint density at radius 3 is 2.64 bits per heavy atom. The van der Waals surface area contributed by atoms with E-state index in [-0.39, 0.29) is 41.4 Å². The van der Waals surface area contributed by atoms with Gasteiger partial charge in [0.15, 0.2) is 5.57 Å².